The molecule has 3 atom stereocenters. The van der Waals surface area contributed by atoms with Crippen LogP contribution in [0.25, 0.3) is 0 Å². The number of carbonyl (C=O) groups is 1. The molecule has 3 rings (SSSR count). The van der Waals surface area contributed by atoms with Crippen molar-refractivity contribution in [1.82, 2.24) is 14.8 Å². The van der Waals surface area contributed by atoms with Gasteiger partial charge in [-0.15, -0.1) is 0 Å². The standard InChI is InChI=1S/C26H33N3O4/c1-19-15-29(20(2)18-30)26(31)23-13-22(11-8-12-32-4)14-27-25(23)33-24(19)17-28(3)16-21-9-6-5-7-10-21/h5-7,9-10,13-14,19-20,24,30H,12,15-18H2,1-4H3/t19-,20+,24+/m0/s1. The van der Waals surface area contributed by atoms with Gasteiger partial charge in [0.05, 0.1) is 12.6 Å². The van der Waals surface area contributed by atoms with Gasteiger partial charge in [0, 0.05) is 44.4 Å². The lowest BCUT2D eigenvalue weighted by molar-refractivity contribution is 0.0325. The number of aromatic nitrogens is 1. The van der Waals surface area contributed by atoms with Crippen molar-refractivity contribution in [3.05, 3.63) is 59.3 Å². The first kappa shape index (κ1) is 24.7. The molecule has 0 fully saturated rings. The topological polar surface area (TPSA) is 75.1 Å². The monoisotopic (exact) mass is 451 g/mol. The van der Waals surface area contributed by atoms with Crippen molar-refractivity contribution in [1.29, 1.82) is 0 Å². The third-order valence-electron chi connectivity index (χ3n) is 5.76. The zero-order chi connectivity index (χ0) is 23.8. The maximum Gasteiger partial charge on any atom is 0.259 e. The van der Waals surface area contributed by atoms with Gasteiger partial charge in [0.25, 0.3) is 5.91 Å². The Balaban J connectivity index is 1.89. The highest BCUT2D eigenvalue weighted by Crippen LogP contribution is 2.27. The normalized spacial score (nSPS) is 19.1. The van der Waals surface area contributed by atoms with E-state index in [0.717, 1.165) is 6.54 Å². The van der Waals surface area contributed by atoms with Gasteiger partial charge >= 0.3 is 0 Å². The number of benzene rings is 1. The highest BCUT2D eigenvalue weighted by Gasteiger charge is 2.34. The van der Waals surface area contributed by atoms with E-state index in [1.807, 2.05) is 25.1 Å². The smallest absolute Gasteiger partial charge is 0.259 e. The fourth-order valence-corrected chi connectivity index (χ4v) is 3.87. The molecule has 0 unspecified atom stereocenters. The largest absolute Gasteiger partial charge is 0.472 e. The molecule has 7 nitrogen and oxygen atoms in total. The lowest BCUT2D eigenvalue weighted by atomic mass is 9.99. The third-order valence-corrected chi connectivity index (χ3v) is 5.76. The van der Waals surface area contributed by atoms with Crippen LogP contribution in [0.5, 0.6) is 5.88 Å². The van der Waals surface area contributed by atoms with Gasteiger partial charge in [-0.05, 0) is 25.6 Å². The summed E-state index contributed by atoms with van der Waals surface area (Å²) < 4.78 is 11.3. The van der Waals surface area contributed by atoms with Crippen molar-refractivity contribution in [3.8, 4) is 17.7 Å². The molecule has 1 N–H and O–H groups in total. The predicted octanol–water partition coefficient (Wildman–Crippen LogP) is 2.43. The minimum atomic E-state index is -0.322. The Morgan fingerprint density at radius 2 is 2.12 bits per heavy atom. The minimum absolute atomic E-state index is 0.0392. The molecule has 176 valence electrons. The van der Waals surface area contributed by atoms with Gasteiger partial charge in [0.15, 0.2) is 0 Å². The summed E-state index contributed by atoms with van der Waals surface area (Å²) in [5.41, 5.74) is 2.20. The van der Waals surface area contributed by atoms with E-state index >= 15 is 0 Å². The van der Waals surface area contributed by atoms with Crippen molar-refractivity contribution in [2.45, 2.75) is 32.5 Å². The summed E-state index contributed by atoms with van der Waals surface area (Å²) in [7, 11) is 3.64. The lowest BCUT2D eigenvalue weighted by Crippen LogP contribution is -2.49. The number of aliphatic hydroxyl groups is 1. The summed E-state index contributed by atoms with van der Waals surface area (Å²) in [5.74, 6) is 5.99. The van der Waals surface area contributed by atoms with Crippen LogP contribution in [0.3, 0.4) is 0 Å². The van der Waals surface area contributed by atoms with Gasteiger partial charge in [0.1, 0.15) is 18.3 Å². The molecule has 0 bridgehead atoms. The summed E-state index contributed by atoms with van der Waals surface area (Å²) in [6.07, 6.45) is 1.43. The van der Waals surface area contributed by atoms with Crippen LogP contribution in [0.1, 0.15) is 35.3 Å². The summed E-state index contributed by atoms with van der Waals surface area (Å²) in [6, 6.07) is 11.7. The van der Waals surface area contributed by atoms with E-state index in [4.69, 9.17) is 9.47 Å². The van der Waals surface area contributed by atoms with Crippen molar-refractivity contribution in [2.24, 2.45) is 5.92 Å². The predicted molar refractivity (Wildman–Crippen MR) is 127 cm³/mol. The number of carbonyl (C=O) groups excluding carboxylic acids is 1. The second kappa shape index (κ2) is 11.8. The molecule has 7 heteroatoms. The SMILES string of the molecule is COCC#Cc1cnc2c(c1)C(=O)N([C@H](C)CO)C[C@H](C)[C@@H](CN(C)Cc1ccccc1)O2. The quantitative estimate of drug-likeness (QED) is 0.652. The zero-order valence-corrected chi connectivity index (χ0v) is 19.8. The Kier molecular flexibility index (Phi) is 8.84. The Morgan fingerprint density at radius 3 is 2.82 bits per heavy atom. The van der Waals surface area contributed by atoms with E-state index in [9.17, 15) is 9.90 Å². The van der Waals surface area contributed by atoms with Gasteiger partial charge in [-0.25, -0.2) is 4.98 Å². The van der Waals surface area contributed by atoms with Gasteiger partial charge in [-0.3, -0.25) is 9.69 Å². The number of likely N-dealkylation sites (N-methyl/N-ethyl adjacent to an activating group) is 1. The number of hydrogen-bond acceptors (Lipinski definition) is 6. The molecule has 2 aromatic rings. The Hall–Kier alpha value is -2.92. The molecule has 1 amide bonds. The molecule has 1 aliphatic rings. The highest BCUT2D eigenvalue weighted by molar-refractivity contribution is 5.97. The van der Waals surface area contributed by atoms with E-state index in [0.29, 0.717) is 36.7 Å². The van der Waals surface area contributed by atoms with Crippen molar-refractivity contribution in [3.63, 3.8) is 0 Å². The first-order chi connectivity index (χ1) is 15.9. The lowest BCUT2D eigenvalue weighted by Gasteiger charge is -2.37. The van der Waals surface area contributed by atoms with Crippen LogP contribution >= 0.6 is 0 Å². The summed E-state index contributed by atoms with van der Waals surface area (Å²) in [4.78, 5) is 21.8. The first-order valence-electron chi connectivity index (χ1n) is 11.2. The summed E-state index contributed by atoms with van der Waals surface area (Å²) in [5, 5.41) is 9.79. The molecular weight excluding hydrogens is 418 g/mol. The molecule has 0 aliphatic carbocycles. The Bertz CT molecular complexity index is 986. The van der Waals surface area contributed by atoms with Crippen LogP contribution in [-0.2, 0) is 11.3 Å². The average molecular weight is 452 g/mol. The third kappa shape index (κ3) is 6.55. The molecule has 2 heterocycles. The van der Waals surface area contributed by atoms with E-state index in [2.05, 4.69) is 47.8 Å². The summed E-state index contributed by atoms with van der Waals surface area (Å²) >= 11 is 0. The van der Waals surface area contributed by atoms with E-state index in [1.54, 1.807) is 24.3 Å². The van der Waals surface area contributed by atoms with E-state index < -0.39 is 0 Å². The number of fused-ring (bicyclic) bond motifs is 1. The van der Waals surface area contributed by atoms with Gasteiger partial charge in [-0.2, -0.15) is 0 Å². The molecule has 1 aliphatic heterocycles. The molecule has 0 saturated heterocycles. The summed E-state index contributed by atoms with van der Waals surface area (Å²) in [6.45, 7) is 6.03. The maximum atomic E-state index is 13.4. The molecule has 0 spiro atoms. The molecular formula is C26H33N3O4. The highest BCUT2D eigenvalue weighted by atomic mass is 16.5. The van der Waals surface area contributed by atoms with Gasteiger partial charge in [0.2, 0.25) is 5.88 Å². The molecule has 1 aromatic carbocycles. The minimum Gasteiger partial charge on any atom is -0.472 e. The first-order valence-corrected chi connectivity index (χ1v) is 11.2. The Labute approximate surface area is 196 Å². The van der Waals surface area contributed by atoms with Gasteiger partial charge in [-0.1, -0.05) is 49.1 Å². The number of pyridine rings is 1. The van der Waals surface area contributed by atoms with Crippen molar-refractivity contribution >= 4 is 5.91 Å². The fraction of sp³-hybridized carbons (Fsp3) is 0.462. The van der Waals surface area contributed by atoms with E-state index in [1.165, 1.54) is 5.56 Å². The maximum absolute atomic E-state index is 13.4. The van der Waals surface area contributed by atoms with Crippen LogP contribution in [0.2, 0.25) is 0 Å². The van der Waals surface area contributed by atoms with Crippen LogP contribution in [0.4, 0.5) is 0 Å². The van der Waals surface area contributed by atoms with Crippen molar-refractivity contribution < 1.29 is 19.4 Å². The Morgan fingerprint density at radius 1 is 1.36 bits per heavy atom. The number of aliphatic hydroxyl groups excluding tert-OH is 1. The van der Waals surface area contributed by atoms with Crippen molar-refractivity contribution in [2.75, 3.05) is 40.5 Å². The average Bonchev–Trinajstić information content (AvgIpc) is 2.82. The van der Waals surface area contributed by atoms with Crippen LogP contribution in [0.15, 0.2) is 42.6 Å². The zero-order valence-electron chi connectivity index (χ0n) is 19.8. The number of rotatable bonds is 7. The molecule has 0 radical (unpaired) electrons. The van der Waals surface area contributed by atoms with E-state index in [-0.39, 0.29) is 30.6 Å². The number of amides is 1. The van der Waals surface area contributed by atoms with Crippen LogP contribution in [0, 0.1) is 17.8 Å². The molecule has 1 aromatic heterocycles. The van der Waals surface area contributed by atoms with Crippen LogP contribution < -0.4 is 4.74 Å². The molecule has 0 saturated carbocycles. The van der Waals surface area contributed by atoms with Crippen LogP contribution in [-0.4, -0.2) is 78.4 Å². The van der Waals surface area contributed by atoms with Gasteiger partial charge < -0.3 is 19.5 Å². The second-order valence-corrected chi connectivity index (χ2v) is 8.62. The number of methoxy groups -OCH3 is 1. The number of hydrogen-bond donors (Lipinski definition) is 1. The number of nitrogens with zero attached hydrogens (tertiary/aromatic N) is 3. The number of ether oxygens (including phenoxy) is 2. The fourth-order valence-electron chi connectivity index (χ4n) is 3.87. The molecule has 33 heavy (non-hydrogen) atoms. The second-order valence-electron chi connectivity index (χ2n) is 8.62.